The number of carbonyl (C=O) groups excluding carboxylic acids is 3. The van der Waals surface area contributed by atoms with Crippen molar-refractivity contribution in [2.45, 2.75) is 25.7 Å². The summed E-state index contributed by atoms with van der Waals surface area (Å²) < 4.78 is 11.3. The minimum absolute atomic E-state index is 0.223. The largest absolute Gasteiger partial charge is 0.495 e. The van der Waals surface area contributed by atoms with E-state index in [2.05, 4.69) is 5.32 Å². The summed E-state index contributed by atoms with van der Waals surface area (Å²) in [6, 6.07) is 11.2. The fourth-order valence-electron chi connectivity index (χ4n) is 4.74. The number of hydrogen-bond acceptors (Lipinski definition) is 5. The molecule has 1 saturated carbocycles. The van der Waals surface area contributed by atoms with Crippen LogP contribution in [0.5, 0.6) is 5.75 Å². The van der Waals surface area contributed by atoms with Crippen LogP contribution in [0.25, 0.3) is 21.9 Å². The van der Waals surface area contributed by atoms with E-state index >= 15 is 0 Å². The van der Waals surface area contributed by atoms with Gasteiger partial charge < -0.3 is 14.5 Å². The van der Waals surface area contributed by atoms with E-state index in [-0.39, 0.29) is 30.2 Å². The predicted molar refractivity (Wildman–Crippen MR) is 111 cm³/mol. The van der Waals surface area contributed by atoms with Crippen molar-refractivity contribution in [1.82, 2.24) is 4.90 Å². The number of ether oxygens (including phenoxy) is 1. The standard InChI is InChI=1S/C23H22N2O5/c1-29-20-10-16-13-6-4-5-9-18(13)30-19(16)11-17(20)24-21(26)12-25-22(27)14-7-2-3-8-15(14)23(25)28/h4-6,9-11,14-15H,2-3,7-8,12H2,1H3,(H,24,26)/t14-,15+. The Hall–Kier alpha value is -3.35. The van der Waals surface area contributed by atoms with Crippen LogP contribution in [0.2, 0.25) is 0 Å². The third kappa shape index (κ3) is 2.93. The second-order valence-corrected chi connectivity index (χ2v) is 7.96. The lowest BCUT2D eigenvalue weighted by molar-refractivity contribution is -0.142. The average Bonchev–Trinajstić information content (AvgIpc) is 3.23. The number of methoxy groups -OCH3 is 1. The van der Waals surface area contributed by atoms with Gasteiger partial charge in [0.1, 0.15) is 23.5 Å². The molecule has 7 nitrogen and oxygen atoms in total. The molecule has 0 radical (unpaired) electrons. The van der Waals surface area contributed by atoms with Gasteiger partial charge >= 0.3 is 0 Å². The first-order valence-corrected chi connectivity index (χ1v) is 10.2. The highest BCUT2D eigenvalue weighted by Crippen LogP contribution is 2.39. The van der Waals surface area contributed by atoms with Gasteiger partial charge in [-0.25, -0.2) is 0 Å². The topological polar surface area (TPSA) is 88.9 Å². The molecule has 1 aliphatic heterocycles. The summed E-state index contributed by atoms with van der Waals surface area (Å²) in [6.07, 6.45) is 3.36. The Morgan fingerprint density at radius 2 is 1.77 bits per heavy atom. The van der Waals surface area contributed by atoms with Crippen LogP contribution < -0.4 is 10.1 Å². The molecule has 2 heterocycles. The number of rotatable bonds is 4. The van der Waals surface area contributed by atoms with Crippen molar-refractivity contribution in [2.24, 2.45) is 11.8 Å². The Morgan fingerprint density at radius 1 is 1.07 bits per heavy atom. The van der Waals surface area contributed by atoms with E-state index < -0.39 is 5.91 Å². The molecular weight excluding hydrogens is 384 g/mol. The van der Waals surface area contributed by atoms with E-state index in [1.807, 2.05) is 30.3 Å². The SMILES string of the molecule is COc1cc2c(cc1NC(=O)CN1C(=O)[C@H]3CCCC[C@H]3C1=O)oc1ccccc12. The zero-order valence-corrected chi connectivity index (χ0v) is 16.6. The molecule has 2 aliphatic rings. The number of carbonyl (C=O) groups is 3. The van der Waals surface area contributed by atoms with Crippen LogP contribution in [0, 0.1) is 11.8 Å². The van der Waals surface area contributed by atoms with Gasteiger partial charge in [0.25, 0.3) is 0 Å². The third-order valence-electron chi connectivity index (χ3n) is 6.21. The highest BCUT2D eigenvalue weighted by Gasteiger charge is 2.48. The van der Waals surface area contributed by atoms with Crippen LogP contribution in [0.3, 0.4) is 0 Å². The van der Waals surface area contributed by atoms with E-state index in [4.69, 9.17) is 9.15 Å². The van der Waals surface area contributed by atoms with E-state index in [0.717, 1.165) is 46.9 Å². The lowest BCUT2D eigenvalue weighted by atomic mass is 9.81. The van der Waals surface area contributed by atoms with E-state index in [9.17, 15) is 14.4 Å². The van der Waals surface area contributed by atoms with Gasteiger partial charge in [-0.2, -0.15) is 0 Å². The lowest BCUT2D eigenvalue weighted by Crippen LogP contribution is -2.38. The van der Waals surface area contributed by atoms with Gasteiger partial charge in [-0.1, -0.05) is 31.0 Å². The third-order valence-corrected chi connectivity index (χ3v) is 6.21. The Balaban J connectivity index is 1.39. The molecule has 0 spiro atoms. The molecule has 3 aromatic rings. The van der Waals surface area contributed by atoms with Crippen LogP contribution in [-0.2, 0) is 14.4 Å². The number of imide groups is 1. The molecule has 1 aliphatic carbocycles. The zero-order chi connectivity index (χ0) is 20.8. The Bertz CT molecular complexity index is 1160. The lowest BCUT2D eigenvalue weighted by Gasteiger charge is -2.19. The monoisotopic (exact) mass is 406 g/mol. The number of furan rings is 1. The molecule has 0 bridgehead atoms. The predicted octanol–water partition coefficient (Wildman–Crippen LogP) is 3.71. The van der Waals surface area contributed by atoms with Gasteiger partial charge in [-0.3, -0.25) is 19.3 Å². The van der Waals surface area contributed by atoms with Gasteiger partial charge in [-0.15, -0.1) is 0 Å². The van der Waals surface area contributed by atoms with E-state index in [0.29, 0.717) is 17.0 Å². The second kappa shape index (κ2) is 7.16. The van der Waals surface area contributed by atoms with Crippen molar-refractivity contribution in [1.29, 1.82) is 0 Å². The molecule has 30 heavy (non-hydrogen) atoms. The Kier molecular flexibility index (Phi) is 4.46. The molecule has 1 N–H and O–H groups in total. The second-order valence-electron chi connectivity index (χ2n) is 7.96. The molecule has 7 heteroatoms. The van der Waals surface area contributed by atoms with Gasteiger partial charge in [0.05, 0.1) is 24.6 Å². The number of benzene rings is 2. The van der Waals surface area contributed by atoms with Crippen LogP contribution in [-0.4, -0.2) is 36.3 Å². The van der Waals surface area contributed by atoms with Crippen molar-refractivity contribution < 1.29 is 23.5 Å². The minimum Gasteiger partial charge on any atom is -0.495 e. The Morgan fingerprint density at radius 3 is 2.47 bits per heavy atom. The smallest absolute Gasteiger partial charge is 0.244 e. The quantitative estimate of drug-likeness (QED) is 0.667. The molecular formula is C23H22N2O5. The summed E-state index contributed by atoms with van der Waals surface area (Å²) in [5.74, 6) is -0.931. The molecule has 1 saturated heterocycles. The fourth-order valence-corrected chi connectivity index (χ4v) is 4.74. The van der Waals surface area contributed by atoms with Crippen molar-refractivity contribution in [3.8, 4) is 5.75 Å². The number of amides is 3. The highest BCUT2D eigenvalue weighted by molar-refractivity contribution is 6.10. The maximum atomic E-state index is 12.7. The molecule has 2 aromatic carbocycles. The number of nitrogens with one attached hydrogen (secondary N) is 1. The summed E-state index contributed by atoms with van der Waals surface area (Å²) in [5, 5.41) is 4.62. The zero-order valence-electron chi connectivity index (χ0n) is 16.6. The van der Waals surface area contributed by atoms with Gasteiger partial charge in [0, 0.05) is 16.8 Å². The van der Waals surface area contributed by atoms with Crippen molar-refractivity contribution in [3.05, 3.63) is 36.4 Å². The van der Waals surface area contributed by atoms with E-state index in [1.165, 1.54) is 7.11 Å². The van der Waals surface area contributed by atoms with Crippen LogP contribution in [0.1, 0.15) is 25.7 Å². The molecule has 154 valence electrons. The van der Waals surface area contributed by atoms with E-state index in [1.54, 1.807) is 6.07 Å². The average molecular weight is 406 g/mol. The maximum Gasteiger partial charge on any atom is 0.244 e. The Labute approximate surface area is 172 Å². The van der Waals surface area contributed by atoms with Crippen molar-refractivity contribution >= 4 is 45.3 Å². The van der Waals surface area contributed by atoms with Crippen molar-refractivity contribution in [2.75, 3.05) is 19.0 Å². The van der Waals surface area contributed by atoms with Crippen LogP contribution >= 0.6 is 0 Å². The molecule has 5 rings (SSSR count). The number of fused-ring (bicyclic) bond motifs is 4. The molecule has 1 aromatic heterocycles. The van der Waals surface area contributed by atoms with Crippen LogP contribution in [0.15, 0.2) is 40.8 Å². The number of likely N-dealkylation sites (tertiary alicyclic amines) is 1. The summed E-state index contributed by atoms with van der Waals surface area (Å²) in [4.78, 5) is 39.1. The first-order chi connectivity index (χ1) is 14.6. The first kappa shape index (κ1) is 18.7. The van der Waals surface area contributed by atoms with Gasteiger partial charge in [-0.05, 0) is 25.0 Å². The first-order valence-electron chi connectivity index (χ1n) is 10.2. The highest BCUT2D eigenvalue weighted by atomic mass is 16.5. The number of para-hydroxylation sites is 1. The summed E-state index contributed by atoms with van der Waals surface area (Å²) >= 11 is 0. The molecule has 2 atom stereocenters. The summed E-state index contributed by atoms with van der Waals surface area (Å²) in [5.41, 5.74) is 1.80. The fraction of sp³-hybridized carbons (Fsp3) is 0.348. The summed E-state index contributed by atoms with van der Waals surface area (Å²) in [6.45, 7) is -0.286. The van der Waals surface area contributed by atoms with Gasteiger partial charge in [0.15, 0.2) is 0 Å². The number of hydrogen-bond donors (Lipinski definition) is 1. The van der Waals surface area contributed by atoms with Gasteiger partial charge in [0.2, 0.25) is 17.7 Å². The van der Waals surface area contributed by atoms with Crippen LogP contribution in [0.4, 0.5) is 5.69 Å². The number of nitrogens with zero attached hydrogens (tertiary/aromatic N) is 1. The van der Waals surface area contributed by atoms with Crippen molar-refractivity contribution in [3.63, 3.8) is 0 Å². The molecule has 3 amide bonds. The number of anilines is 1. The minimum atomic E-state index is -0.441. The summed E-state index contributed by atoms with van der Waals surface area (Å²) in [7, 11) is 1.53. The molecule has 0 unspecified atom stereocenters. The molecule has 2 fully saturated rings. The normalized spacial score (nSPS) is 21.3. The maximum absolute atomic E-state index is 12.7.